The molecular formula is C12H16ClN3O2. The van der Waals surface area contributed by atoms with Crippen molar-refractivity contribution in [3.8, 4) is 0 Å². The molecule has 18 heavy (non-hydrogen) atoms. The van der Waals surface area contributed by atoms with E-state index in [1.165, 1.54) is 12.3 Å². The minimum absolute atomic E-state index is 0.0505. The van der Waals surface area contributed by atoms with Crippen LogP contribution in [0, 0.1) is 0 Å². The first-order valence-electron chi connectivity index (χ1n) is 5.91. The highest BCUT2D eigenvalue weighted by Gasteiger charge is 2.24. The number of halogens is 1. The molecule has 0 aromatic carbocycles. The van der Waals surface area contributed by atoms with Gasteiger partial charge in [-0.25, -0.2) is 4.98 Å². The Labute approximate surface area is 111 Å². The second-order valence-corrected chi connectivity index (χ2v) is 4.81. The second-order valence-electron chi connectivity index (χ2n) is 4.40. The Morgan fingerprint density at radius 2 is 2.50 bits per heavy atom. The number of hydrogen-bond acceptors (Lipinski definition) is 4. The van der Waals surface area contributed by atoms with Gasteiger partial charge in [0.05, 0.1) is 22.7 Å². The summed E-state index contributed by atoms with van der Waals surface area (Å²) in [5.74, 6) is 0.0198. The van der Waals surface area contributed by atoms with E-state index in [1.807, 2.05) is 6.92 Å². The molecule has 1 aliphatic heterocycles. The number of aromatic nitrogens is 1. The fourth-order valence-electron chi connectivity index (χ4n) is 2.00. The van der Waals surface area contributed by atoms with Gasteiger partial charge in [-0.3, -0.25) is 4.79 Å². The van der Waals surface area contributed by atoms with Gasteiger partial charge in [0.2, 0.25) is 0 Å². The summed E-state index contributed by atoms with van der Waals surface area (Å²) < 4.78 is 5.52. The summed E-state index contributed by atoms with van der Waals surface area (Å²) in [4.78, 5) is 15.9. The lowest BCUT2D eigenvalue weighted by Crippen LogP contribution is -2.40. The SMILES string of the molecule is CC(NC(=O)c1cc(N)ncc1Cl)C1CCCO1. The highest BCUT2D eigenvalue weighted by Crippen LogP contribution is 2.19. The van der Waals surface area contributed by atoms with Crippen LogP contribution >= 0.6 is 11.6 Å². The van der Waals surface area contributed by atoms with Gasteiger partial charge < -0.3 is 15.8 Å². The Balaban J connectivity index is 2.04. The van der Waals surface area contributed by atoms with Crippen LogP contribution in [0.4, 0.5) is 5.82 Å². The molecule has 1 fully saturated rings. The van der Waals surface area contributed by atoms with Gasteiger partial charge in [0.15, 0.2) is 0 Å². The van der Waals surface area contributed by atoms with Crippen molar-refractivity contribution in [2.24, 2.45) is 0 Å². The van der Waals surface area contributed by atoms with Crippen molar-refractivity contribution in [2.45, 2.75) is 31.9 Å². The largest absolute Gasteiger partial charge is 0.384 e. The van der Waals surface area contributed by atoms with Gasteiger partial charge in [-0.05, 0) is 25.8 Å². The molecule has 2 unspecified atom stereocenters. The molecule has 2 atom stereocenters. The molecule has 3 N–H and O–H groups in total. The lowest BCUT2D eigenvalue weighted by molar-refractivity contribution is 0.0712. The van der Waals surface area contributed by atoms with E-state index in [2.05, 4.69) is 10.3 Å². The smallest absolute Gasteiger partial charge is 0.253 e. The fraction of sp³-hybridized carbons (Fsp3) is 0.500. The second kappa shape index (κ2) is 5.54. The Bertz CT molecular complexity index is 447. The topological polar surface area (TPSA) is 77.2 Å². The van der Waals surface area contributed by atoms with Crippen LogP contribution in [0.25, 0.3) is 0 Å². The predicted octanol–water partition coefficient (Wildman–Crippen LogP) is 1.61. The van der Waals surface area contributed by atoms with Gasteiger partial charge >= 0.3 is 0 Å². The highest BCUT2D eigenvalue weighted by atomic mass is 35.5. The number of hydrogen-bond donors (Lipinski definition) is 2. The Hall–Kier alpha value is -1.33. The molecular weight excluding hydrogens is 254 g/mol. The van der Waals surface area contributed by atoms with Crippen LogP contribution in [0.15, 0.2) is 12.3 Å². The van der Waals surface area contributed by atoms with Gasteiger partial charge in [0, 0.05) is 12.8 Å². The molecule has 2 rings (SSSR count). The van der Waals surface area contributed by atoms with Crippen molar-refractivity contribution in [2.75, 3.05) is 12.3 Å². The zero-order valence-electron chi connectivity index (χ0n) is 10.1. The quantitative estimate of drug-likeness (QED) is 0.874. The number of nitrogens with two attached hydrogens (primary N) is 1. The molecule has 0 saturated carbocycles. The molecule has 2 heterocycles. The van der Waals surface area contributed by atoms with Gasteiger partial charge in [0.1, 0.15) is 5.82 Å². The van der Waals surface area contributed by atoms with Crippen LogP contribution in [-0.2, 0) is 4.74 Å². The van der Waals surface area contributed by atoms with Crippen molar-refractivity contribution < 1.29 is 9.53 Å². The third-order valence-electron chi connectivity index (χ3n) is 3.00. The molecule has 1 aromatic heterocycles. The Kier molecular flexibility index (Phi) is 4.04. The molecule has 6 heteroatoms. The third kappa shape index (κ3) is 2.91. The van der Waals surface area contributed by atoms with Crippen LogP contribution in [0.1, 0.15) is 30.1 Å². The summed E-state index contributed by atoms with van der Waals surface area (Å²) >= 11 is 5.92. The molecule has 1 amide bonds. The van der Waals surface area contributed by atoms with Crippen molar-refractivity contribution in [1.29, 1.82) is 0 Å². The molecule has 0 bridgehead atoms. The average Bonchev–Trinajstić information content (AvgIpc) is 2.85. The summed E-state index contributed by atoms with van der Waals surface area (Å²) in [6.07, 6.45) is 3.45. The predicted molar refractivity (Wildman–Crippen MR) is 69.6 cm³/mol. The van der Waals surface area contributed by atoms with E-state index in [1.54, 1.807) is 0 Å². The van der Waals surface area contributed by atoms with Crippen LogP contribution in [0.5, 0.6) is 0 Å². The number of nitrogens with one attached hydrogen (secondary N) is 1. The summed E-state index contributed by atoms with van der Waals surface area (Å²) in [6, 6.07) is 1.42. The number of carbonyl (C=O) groups excluding carboxylic acids is 1. The summed E-state index contributed by atoms with van der Waals surface area (Å²) in [6.45, 7) is 2.68. The zero-order chi connectivity index (χ0) is 13.1. The van der Waals surface area contributed by atoms with E-state index in [0.29, 0.717) is 10.6 Å². The molecule has 5 nitrogen and oxygen atoms in total. The maximum absolute atomic E-state index is 12.1. The molecule has 0 aliphatic carbocycles. The van der Waals surface area contributed by atoms with Crippen molar-refractivity contribution in [1.82, 2.24) is 10.3 Å². The van der Waals surface area contributed by atoms with E-state index in [0.717, 1.165) is 19.4 Å². The monoisotopic (exact) mass is 269 g/mol. The first kappa shape index (κ1) is 13.1. The summed E-state index contributed by atoms with van der Waals surface area (Å²) in [5.41, 5.74) is 5.89. The summed E-state index contributed by atoms with van der Waals surface area (Å²) in [5, 5.41) is 3.17. The standard InChI is InChI=1S/C12H16ClN3O2/c1-7(10-3-2-4-18-10)16-12(17)8-5-11(14)15-6-9(8)13/h5-7,10H,2-4H2,1H3,(H2,14,15)(H,16,17). The van der Waals surface area contributed by atoms with E-state index >= 15 is 0 Å². The molecule has 0 spiro atoms. The first-order chi connectivity index (χ1) is 8.58. The fourth-order valence-corrected chi connectivity index (χ4v) is 2.19. The van der Waals surface area contributed by atoms with Crippen LogP contribution < -0.4 is 11.1 Å². The number of amides is 1. The Morgan fingerprint density at radius 1 is 1.72 bits per heavy atom. The van der Waals surface area contributed by atoms with Crippen molar-refractivity contribution >= 4 is 23.3 Å². The van der Waals surface area contributed by atoms with Gasteiger partial charge in [-0.1, -0.05) is 11.6 Å². The van der Waals surface area contributed by atoms with E-state index < -0.39 is 0 Å². The number of carbonyl (C=O) groups is 1. The van der Waals surface area contributed by atoms with E-state index in [9.17, 15) is 4.79 Å². The third-order valence-corrected chi connectivity index (χ3v) is 3.30. The van der Waals surface area contributed by atoms with Crippen LogP contribution in [0.2, 0.25) is 5.02 Å². The number of nitrogens with zero attached hydrogens (tertiary/aromatic N) is 1. The minimum Gasteiger partial charge on any atom is -0.384 e. The highest BCUT2D eigenvalue weighted by molar-refractivity contribution is 6.33. The van der Waals surface area contributed by atoms with E-state index in [4.69, 9.17) is 22.1 Å². The first-order valence-corrected chi connectivity index (χ1v) is 6.29. The lowest BCUT2D eigenvalue weighted by Gasteiger charge is -2.20. The zero-order valence-corrected chi connectivity index (χ0v) is 10.9. The van der Waals surface area contributed by atoms with Crippen LogP contribution in [0.3, 0.4) is 0 Å². The van der Waals surface area contributed by atoms with Gasteiger partial charge in [0.25, 0.3) is 5.91 Å². The normalized spacial score (nSPS) is 20.7. The number of nitrogen functional groups attached to an aromatic ring is 1. The lowest BCUT2D eigenvalue weighted by atomic mass is 10.1. The van der Waals surface area contributed by atoms with Crippen molar-refractivity contribution in [3.05, 3.63) is 22.8 Å². The molecule has 1 saturated heterocycles. The number of pyridine rings is 1. The minimum atomic E-state index is -0.253. The maximum Gasteiger partial charge on any atom is 0.253 e. The number of ether oxygens (including phenoxy) is 1. The molecule has 98 valence electrons. The molecule has 1 aromatic rings. The number of anilines is 1. The molecule has 0 radical (unpaired) electrons. The van der Waals surface area contributed by atoms with Crippen molar-refractivity contribution in [3.63, 3.8) is 0 Å². The van der Waals surface area contributed by atoms with Crippen LogP contribution in [-0.4, -0.2) is 29.6 Å². The Morgan fingerprint density at radius 3 is 3.17 bits per heavy atom. The van der Waals surface area contributed by atoms with Gasteiger partial charge in [-0.2, -0.15) is 0 Å². The van der Waals surface area contributed by atoms with Gasteiger partial charge in [-0.15, -0.1) is 0 Å². The average molecular weight is 270 g/mol. The molecule has 1 aliphatic rings. The summed E-state index contributed by atoms with van der Waals surface area (Å²) in [7, 11) is 0. The maximum atomic E-state index is 12.1. The van der Waals surface area contributed by atoms with E-state index in [-0.39, 0.29) is 23.9 Å². The number of rotatable bonds is 3.